The van der Waals surface area contributed by atoms with Crippen LogP contribution >= 0.6 is 34.7 Å². The van der Waals surface area contributed by atoms with E-state index >= 15 is 0 Å². The SMILES string of the molecule is N#C/C(=C\C1=CCC(/C(=C/c2ccc(N(c3ccc(Cl)cc3)c3ccc(/C=C4\c5ccccc5-c5cc(/C=C(\C#N)C(=O)O)ccc54)cc3)cc2)c2ccsc2)S1)C(=O)O. The Labute approximate surface area is 360 Å². The highest BCUT2D eigenvalue weighted by atomic mass is 35.5. The average Bonchev–Trinajstić information content (AvgIpc) is 4.04. The van der Waals surface area contributed by atoms with E-state index in [9.17, 15) is 30.3 Å². The Morgan fingerprint density at radius 1 is 0.683 bits per heavy atom. The number of thioether (sulfide) groups is 1. The molecule has 0 saturated carbocycles. The maximum atomic E-state index is 11.5. The molecule has 1 aliphatic heterocycles. The topological polar surface area (TPSA) is 125 Å². The van der Waals surface area contributed by atoms with Crippen LogP contribution in [-0.2, 0) is 9.59 Å². The number of carbonyl (C=O) groups is 2. The van der Waals surface area contributed by atoms with Gasteiger partial charge in [-0.1, -0.05) is 78.3 Å². The molecule has 0 spiro atoms. The Bertz CT molecular complexity index is 2900. The fraction of sp³-hybridized carbons (Fsp3) is 0.0400. The third kappa shape index (κ3) is 8.38. The lowest BCUT2D eigenvalue weighted by Gasteiger charge is -2.26. The van der Waals surface area contributed by atoms with Crippen molar-refractivity contribution in [2.45, 2.75) is 11.7 Å². The van der Waals surface area contributed by atoms with E-state index in [4.69, 9.17) is 11.6 Å². The van der Waals surface area contributed by atoms with Crippen LogP contribution in [0.2, 0.25) is 5.02 Å². The van der Waals surface area contributed by atoms with Crippen molar-refractivity contribution in [1.82, 2.24) is 0 Å². The van der Waals surface area contributed by atoms with Gasteiger partial charge in [0, 0.05) is 32.2 Å². The van der Waals surface area contributed by atoms with E-state index in [2.05, 4.69) is 89.2 Å². The second kappa shape index (κ2) is 17.4. The molecule has 290 valence electrons. The number of carboxylic acids is 2. The number of nitrogens with zero attached hydrogens (tertiary/aromatic N) is 3. The van der Waals surface area contributed by atoms with Gasteiger partial charge < -0.3 is 15.1 Å². The highest BCUT2D eigenvalue weighted by molar-refractivity contribution is 8.04. The first-order chi connectivity index (χ1) is 29.2. The van der Waals surface area contributed by atoms with Crippen LogP contribution in [0.4, 0.5) is 17.1 Å². The molecule has 0 saturated heterocycles. The lowest BCUT2D eigenvalue weighted by Crippen LogP contribution is -2.09. The number of anilines is 3. The lowest BCUT2D eigenvalue weighted by molar-refractivity contribution is -0.133. The molecule has 10 heteroatoms. The van der Waals surface area contributed by atoms with Gasteiger partial charge in [0.15, 0.2) is 0 Å². The standard InChI is InChI=1S/C50H32ClN3O4S2/c51-37-10-16-40(17-11-37)54(38-12-5-31(6-13-38)24-45(34-21-22-59-30-34)48-20-18-41(60-48)27-36(29-53)50(57)58)39-14-7-32(8-15-39)25-46-42-3-1-2-4-43(42)47-26-33(9-19-44(46)47)23-35(28-52)49(55)56/h1-19,21-27,30,48H,20H2,(H,55,56)(H,57,58)/b35-23+,36-27+,45-24+,46-25+. The Hall–Kier alpha value is -7.14. The molecule has 8 rings (SSSR count). The summed E-state index contributed by atoms with van der Waals surface area (Å²) in [5.41, 5.74) is 12.3. The molecule has 0 amide bonds. The van der Waals surface area contributed by atoms with E-state index < -0.39 is 11.9 Å². The molecular weight excluding hydrogens is 806 g/mol. The minimum absolute atomic E-state index is 0.0561. The average molecular weight is 838 g/mol. The molecule has 0 radical (unpaired) electrons. The van der Waals surface area contributed by atoms with Crippen LogP contribution in [0, 0.1) is 22.7 Å². The summed E-state index contributed by atoms with van der Waals surface area (Å²) in [4.78, 5) is 25.9. The molecule has 2 heterocycles. The van der Waals surface area contributed by atoms with E-state index in [-0.39, 0.29) is 16.4 Å². The van der Waals surface area contributed by atoms with E-state index in [1.54, 1.807) is 35.2 Å². The Morgan fingerprint density at radius 2 is 1.27 bits per heavy atom. The van der Waals surface area contributed by atoms with Crippen LogP contribution in [0.25, 0.3) is 40.5 Å². The zero-order valence-corrected chi connectivity index (χ0v) is 34.0. The van der Waals surface area contributed by atoms with E-state index in [1.165, 1.54) is 12.2 Å². The number of hydrogen-bond acceptors (Lipinski definition) is 7. The number of thiophene rings is 1. The number of fused-ring (bicyclic) bond motifs is 3. The zero-order chi connectivity index (χ0) is 41.8. The van der Waals surface area contributed by atoms with Crippen molar-refractivity contribution in [3.05, 3.63) is 199 Å². The molecule has 0 fully saturated rings. The van der Waals surface area contributed by atoms with Crippen LogP contribution in [0.15, 0.2) is 160 Å². The summed E-state index contributed by atoms with van der Waals surface area (Å²) in [5, 5.41) is 42.2. The van der Waals surface area contributed by atoms with Gasteiger partial charge in [0.2, 0.25) is 0 Å². The van der Waals surface area contributed by atoms with Crippen molar-refractivity contribution in [2.24, 2.45) is 0 Å². The first-order valence-electron chi connectivity index (χ1n) is 18.7. The molecule has 1 aliphatic carbocycles. The Kier molecular flexibility index (Phi) is 11.5. The van der Waals surface area contributed by atoms with E-state index in [0.717, 1.165) is 72.1 Å². The summed E-state index contributed by atoms with van der Waals surface area (Å²) >= 11 is 9.52. The lowest BCUT2D eigenvalue weighted by atomic mass is 9.99. The first kappa shape index (κ1) is 39.7. The number of hydrogen-bond donors (Lipinski definition) is 2. The van der Waals surface area contributed by atoms with Gasteiger partial charge in [0.1, 0.15) is 23.3 Å². The molecule has 2 N–H and O–H groups in total. The molecular formula is C50H32ClN3O4S2. The van der Waals surface area contributed by atoms with Crippen LogP contribution in [0.1, 0.15) is 39.8 Å². The van der Waals surface area contributed by atoms with Crippen LogP contribution in [0.3, 0.4) is 0 Å². The molecule has 7 nitrogen and oxygen atoms in total. The third-order valence-electron chi connectivity index (χ3n) is 10.2. The van der Waals surface area contributed by atoms with E-state index in [0.29, 0.717) is 17.0 Å². The summed E-state index contributed by atoms with van der Waals surface area (Å²) < 4.78 is 0. The number of nitriles is 2. The summed E-state index contributed by atoms with van der Waals surface area (Å²) in [6, 6.07) is 44.0. The van der Waals surface area contributed by atoms with Crippen LogP contribution in [0.5, 0.6) is 0 Å². The Balaban J connectivity index is 1.10. The number of halogens is 1. The normalized spacial score (nSPS) is 15.4. The van der Waals surface area contributed by atoms with Crippen LogP contribution < -0.4 is 4.90 Å². The highest BCUT2D eigenvalue weighted by Crippen LogP contribution is 2.46. The van der Waals surface area contributed by atoms with Gasteiger partial charge in [0.05, 0.1) is 0 Å². The predicted molar refractivity (Wildman–Crippen MR) is 244 cm³/mol. The van der Waals surface area contributed by atoms with E-state index in [1.807, 2.05) is 66.1 Å². The molecule has 1 atom stereocenters. The van der Waals surface area contributed by atoms with Crippen molar-refractivity contribution in [1.29, 1.82) is 10.5 Å². The van der Waals surface area contributed by atoms with Crippen molar-refractivity contribution in [3.8, 4) is 23.3 Å². The molecule has 60 heavy (non-hydrogen) atoms. The van der Waals surface area contributed by atoms with Gasteiger partial charge in [-0.3, -0.25) is 0 Å². The van der Waals surface area contributed by atoms with Gasteiger partial charge in [-0.25, -0.2) is 9.59 Å². The molecule has 1 aromatic heterocycles. The van der Waals surface area contributed by atoms with Gasteiger partial charge >= 0.3 is 11.9 Å². The number of carboxylic acid groups (broad SMARTS) is 2. The molecule has 6 aromatic rings. The second-order valence-electron chi connectivity index (χ2n) is 13.9. The quantitative estimate of drug-likeness (QED) is 0.0974. The molecule has 2 aliphatic rings. The fourth-order valence-electron chi connectivity index (χ4n) is 7.34. The number of benzene rings is 5. The van der Waals surface area contributed by atoms with Crippen molar-refractivity contribution < 1.29 is 19.8 Å². The third-order valence-corrected chi connectivity index (χ3v) is 12.4. The molecule has 1 unspecified atom stereocenters. The van der Waals surface area contributed by atoms with Gasteiger partial charge in [-0.15, -0.1) is 11.8 Å². The number of allylic oxidation sites excluding steroid dienone is 2. The minimum Gasteiger partial charge on any atom is -0.477 e. The number of aliphatic carboxylic acids is 2. The molecule has 5 aromatic carbocycles. The largest absolute Gasteiger partial charge is 0.477 e. The second-order valence-corrected chi connectivity index (χ2v) is 16.4. The first-order valence-corrected chi connectivity index (χ1v) is 20.9. The van der Waals surface area contributed by atoms with Gasteiger partial charge in [-0.2, -0.15) is 21.9 Å². The molecule has 0 bridgehead atoms. The predicted octanol–water partition coefficient (Wildman–Crippen LogP) is 12.9. The minimum atomic E-state index is -1.26. The van der Waals surface area contributed by atoms with Gasteiger partial charge in [0.25, 0.3) is 0 Å². The summed E-state index contributed by atoms with van der Waals surface area (Å²) in [5.74, 6) is -2.49. The summed E-state index contributed by atoms with van der Waals surface area (Å²) in [6.45, 7) is 0. The summed E-state index contributed by atoms with van der Waals surface area (Å²) in [6.07, 6.45) is 9.88. The highest BCUT2D eigenvalue weighted by Gasteiger charge is 2.25. The van der Waals surface area contributed by atoms with Gasteiger partial charge in [-0.05, 0) is 158 Å². The summed E-state index contributed by atoms with van der Waals surface area (Å²) in [7, 11) is 0. The van der Waals surface area contributed by atoms with Crippen molar-refractivity contribution >= 4 is 93.1 Å². The van der Waals surface area contributed by atoms with Crippen LogP contribution in [-0.4, -0.2) is 27.4 Å². The number of rotatable bonds is 11. The Morgan fingerprint density at radius 3 is 1.88 bits per heavy atom. The fourth-order valence-corrected chi connectivity index (χ4v) is 9.36. The zero-order valence-electron chi connectivity index (χ0n) is 31.6. The maximum Gasteiger partial charge on any atom is 0.346 e. The maximum absolute atomic E-state index is 11.5. The van der Waals surface area contributed by atoms with Crippen molar-refractivity contribution in [3.63, 3.8) is 0 Å². The van der Waals surface area contributed by atoms with Crippen molar-refractivity contribution in [2.75, 3.05) is 4.90 Å². The smallest absolute Gasteiger partial charge is 0.346 e. The monoisotopic (exact) mass is 837 g/mol.